The number of hydrogen-bond acceptors (Lipinski definition) is 6. The van der Waals surface area contributed by atoms with Crippen LogP contribution < -0.4 is 20.2 Å². The molecule has 1 aliphatic heterocycles. The molecule has 1 heterocycles. The Bertz CT molecular complexity index is 612. The maximum atomic E-state index is 11.7. The van der Waals surface area contributed by atoms with E-state index in [9.17, 15) is 9.59 Å². The average molecular weight is 335 g/mol. The Kier molecular flexibility index (Phi) is 6.56. The SMILES string of the molecule is COc1ccc(OC)c(/C=N\NC(=O)C(=O)NC[C@@H]2CCCO2)c1. The van der Waals surface area contributed by atoms with Crippen molar-refractivity contribution in [3.8, 4) is 11.5 Å². The fourth-order valence-corrected chi connectivity index (χ4v) is 2.24. The van der Waals surface area contributed by atoms with Gasteiger partial charge in [0.1, 0.15) is 11.5 Å². The van der Waals surface area contributed by atoms with Crippen molar-refractivity contribution in [3.63, 3.8) is 0 Å². The van der Waals surface area contributed by atoms with Gasteiger partial charge in [0, 0.05) is 18.7 Å². The molecule has 0 unspecified atom stereocenters. The molecule has 0 aliphatic carbocycles. The van der Waals surface area contributed by atoms with Crippen LogP contribution in [-0.4, -0.2) is 51.5 Å². The van der Waals surface area contributed by atoms with Crippen LogP contribution in [0, 0.1) is 0 Å². The van der Waals surface area contributed by atoms with Crippen molar-refractivity contribution in [3.05, 3.63) is 23.8 Å². The molecule has 1 aromatic rings. The van der Waals surface area contributed by atoms with Gasteiger partial charge >= 0.3 is 11.8 Å². The van der Waals surface area contributed by atoms with Gasteiger partial charge in [0.15, 0.2) is 0 Å². The quantitative estimate of drug-likeness (QED) is 0.447. The number of hydrazone groups is 1. The second kappa shape index (κ2) is 8.88. The molecule has 0 spiro atoms. The lowest BCUT2D eigenvalue weighted by molar-refractivity contribution is -0.139. The molecule has 2 N–H and O–H groups in total. The van der Waals surface area contributed by atoms with E-state index in [0.29, 0.717) is 30.2 Å². The second-order valence-corrected chi connectivity index (χ2v) is 5.15. The molecule has 130 valence electrons. The Morgan fingerprint density at radius 3 is 2.83 bits per heavy atom. The lowest BCUT2D eigenvalue weighted by Gasteiger charge is -2.09. The van der Waals surface area contributed by atoms with E-state index in [1.165, 1.54) is 13.3 Å². The minimum absolute atomic E-state index is 0.0219. The monoisotopic (exact) mass is 335 g/mol. The third-order valence-electron chi connectivity index (χ3n) is 3.53. The molecule has 8 nitrogen and oxygen atoms in total. The molecule has 1 atom stereocenters. The average Bonchev–Trinajstić information content (AvgIpc) is 3.12. The number of carbonyl (C=O) groups excluding carboxylic acids is 2. The topological polar surface area (TPSA) is 98.3 Å². The van der Waals surface area contributed by atoms with Crippen LogP contribution in [0.25, 0.3) is 0 Å². The number of ether oxygens (including phenoxy) is 3. The van der Waals surface area contributed by atoms with Crippen LogP contribution in [0.2, 0.25) is 0 Å². The first-order valence-corrected chi connectivity index (χ1v) is 7.59. The van der Waals surface area contributed by atoms with Crippen molar-refractivity contribution < 1.29 is 23.8 Å². The van der Waals surface area contributed by atoms with Gasteiger partial charge in [-0.15, -0.1) is 0 Å². The van der Waals surface area contributed by atoms with E-state index in [1.807, 2.05) is 0 Å². The summed E-state index contributed by atoms with van der Waals surface area (Å²) < 4.78 is 15.7. The number of nitrogens with one attached hydrogen (secondary N) is 2. The largest absolute Gasteiger partial charge is 0.497 e. The van der Waals surface area contributed by atoms with E-state index in [1.54, 1.807) is 25.3 Å². The lowest BCUT2D eigenvalue weighted by atomic mass is 10.2. The second-order valence-electron chi connectivity index (χ2n) is 5.15. The molecular weight excluding hydrogens is 314 g/mol. The van der Waals surface area contributed by atoms with Crippen molar-refractivity contribution in [2.24, 2.45) is 5.10 Å². The Labute approximate surface area is 140 Å². The summed E-state index contributed by atoms with van der Waals surface area (Å²) >= 11 is 0. The van der Waals surface area contributed by atoms with Gasteiger partial charge in [-0.05, 0) is 31.0 Å². The normalized spacial score (nSPS) is 16.8. The Morgan fingerprint density at radius 1 is 1.33 bits per heavy atom. The number of methoxy groups -OCH3 is 2. The van der Waals surface area contributed by atoms with Crippen LogP contribution >= 0.6 is 0 Å². The summed E-state index contributed by atoms with van der Waals surface area (Å²) in [6.07, 6.45) is 3.22. The number of rotatable bonds is 6. The summed E-state index contributed by atoms with van der Waals surface area (Å²) in [5, 5.41) is 6.29. The molecule has 0 aromatic heterocycles. The molecule has 2 amide bonds. The summed E-state index contributed by atoms with van der Waals surface area (Å²) in [7, 11) is 3.07. The van der Waals surface area contributed by atoms with Crippen LogP contribution in [0.1, 0.15) is 18.4 Å². The van der Waals surface area contributed by atoms with Gasteiger partial charge in [-0.25, -0.2) is 5.43 Å². The van der Waals surface area contributed by atoms with E-state index in [-0.39, 0.29) is 6.10 Å². The van der Waals surface area contributed by atoms with Crippen LogP contribution in [0.5, 0.6) is 11.5 Å². The first-order chi connectivity index (χ1) is 11.6. The van der Waals surface area contributed by atoms with Crippen LogP contribution in [0.15, 0.2) is 23.3 Å². The molecule has 8 heteroatoms. The summed E-state index contributed by atoms with van der Waals surface area (Å²) in [4.78, 5) is 23.4. The van der Waals surface area contributed by atoms with Crippen molar-refractivity contribution >= 4 is 18.0 Å². The Hall–Kier alpha value is -2.61. The number of carbonyl (C=O) groups is 2. The maximum Gasteiger partial charge on any atom is 0.329 e. The van der Waals surface area contributed by atoms with Gasteiger partial charge in [-0.3, -0.25) is 9.59 Å². The van der Waals surface area contributed by atoms with E-state index < -0.39 is 11.8 Å². The maximum absolute atomic E-state index is 11.7. The zero-order valence-electron chi connectivity index (χ0n) is 13.7. The molecule has 1 aliphatic rings. The van der Waals surface area contributed by atoms with Crippen molar-refractivity contribution in [2.45, 2.75) is 18.9 Å². The first kappa shape index (κ1) is 17.7. The molecular formula is C16H21N3O5. The van der Waals surface area contributed by atoms with Gasteiger partial charge in [-0.1, -0.05) is 0 Å². The minimum atomic E-state index is -0.842. The highest BCUT2D eigenvalue weighted by molar-refractivity contribution is 6.35. The molecule has 0 saturated carbocycles. The third kappa shape index (κ3) is 4.95. The zero-order chi connectivity index (χ0) is 17.4. The van der Waals surface area contributed by atoms with Crippen LogP contribution in [0.4, 0.5) is 0 Å². The molecule has 1 aromatic carbocycles. The molecule has 0 bridgehead atoms. The summed E-state index contributed by atoms with van der Waals surface area (Å²) in [5.41, 5.74) is 2.78. The molecule has 1 fully saturated rings. The Balaban J connectivity index is 1.85. The third-order valence-corrected chi connectivity index (χ3v) is 3.53. The molecule has 0 radical (unpaired) electrons. The highest BCUT2D eigenvalue weighted by atomic mass is 16.5. The molecule has 24 heavy (non-hydrogen) atoms. The van der Waals surface area contributed by atoms with Crippen molar-refractivity contribution in [1.82, 2.24) is 10.7 Å². The van der Waals surface area contributed by atoms with E-state index in [4.69, 9.17) is 14.2 Å². The minimum Gasteiger partial charge on any atom is -0.497 e. The molecule has 2 rings (SSSR count). The summed E-state index contributed by atoms with van der Waals surface area (Å²) in [6, 6.07) is 5.16. The number of amides is 2. The van der Waals surface area contributed by atoms with Gasteiger partial charge in [0.2, 0.25) is 0 Å². The van der Waals surface area contributed by atoms with E-state index in [2.05, 4.69) is 15.8 Å². The number of benzene rings is 1. The zero-order valence-corrected chi connectivity index (χ0v) is 13.7. The van der Waals surface area contributed by atoms with Crippen molar-refractivity contribution in [1.29, 1.82) is 0 Å². The van der Waals surface area contributed by atoms with Crippen LogP contribution in [0.3, 0.4) is 0 Å². The van der Waals surface area contributed by atoms with Gasteiger partial charge in [0.25, 0.3) is 0 Å². The predicted molar refractivity (Wildman–Crippen MR) is 87.3 cm³/mol. The van der Waals surface area contributed by atoms with Gasteiger partial charge in [-0.2, -0.15) is 5.10 Å². The number of hydrogen-bond donors (Lipinski definition) is 2. The predicted octanol–water partition coefficient (Wildman–Crippen LogP) is 0.449. The van der Waals surface area contributed by atoms with Crippen LogP contribution in [-0.2, 0) is 14.3 Å². The standard InChI is InChI=1S/C16H21N3O5/c1-22-12-5-6-14(23-2)11(8-12)9-18-19-16(21)15(20)17-10-13-4-3-7-24-13/h5-6,8-9,13H,3-4,7,10H2,1-2H3,(H,17,20)(H,19,21)/b18-9-/t13-/m0/s1. The number of nitrogens with zero attached hydrogens (tertiary/aromatic N) is 1. The van der Waals surface area contributed by atoms with E-state index in [0.717, 1.165) is 12.8 Å². The summed E-state index contributed by atoms with van der Waals surface area (Å²) in [5.74, 6) is -0.402. The highest BCUT2D eigenvalue weighted by Gasteiger charge is 2.18. The highest BCUT2D eigenvalue weighted by Crippen LogP contribution is 2.22. The Morgan fingerprint density at radius 2 is 2.17 bits per heavy atom. The molecule has 1 saturated heterocycles. The van der Waals surface area contributed by atoms with Gasteiger partial charge < -0.3 is 19.5 Å². The van der Waals surface area contributed by atoms with Gasteiger partial charge in [0.05, 0.1) is 26.5 Å². The lowest BCUT2D eigenvalue weighted by Crippen LogP contribution is -2.41. The van der Waals surface area contributed by atoms with Crippen molar-refractivity contribution in [2.75, 3.05) is 27.4 Å². The summed E-state index contributed by atoms with van der Waals surface area (Å²) in [6.45, 7) is 1.01. The first-order valence-electron chi connectivity index (χ1n) is 7.59. The van der Waals surface area contributed by atoms with E-state index >= 15 is 0 Å². The fraction of sp³-hybridized carbons (Fsp3) is 0.438. The smallest absolute Gasteiger partial charge is 0.329 e. The fourth-order valence-electron chi connectivity index (χ4n) is 2.24.